The predicted molar refractivity (Wildman–Crippen MR) is 82.5 cm³/mol. The first-order valence-corrected chi connectivity index (χ1v) is 7.17. The van der Waals surface area contributed by atoms with E-state index in [0.29, 0.717) is 11.7 Å². The van der Waals surface area contributed by atoms with Crippen LogP contribution in [0.25, 0.3) is 5.69 Å². The number of nitrogens with zero attached hydrogens (tertiary/aromatic N) is 2. The summed E-state index contributed by atoms with van der Waals surface area (Å²) in [5, 5.41) is 4.58. The highest BCUT2D eigenvalue weighted by molar-refractivity contribution is 14.1. The number of rotatable bonds is 2. The highest BCUT2D eigenvalue weighted by Gasteiger charge is 2.16. The van der Waals surface area contributed by atoms with Crippen molar-refractivity contribution in [2.75, 3.05) is 5.73 Å². The van der Waals surface area contributed by atoms with Gasteiger partial charge in [-0.3, -0.25) is 0 Å². The molecule has 0 saturated heterocycles. The number of nitrogen functional groups attached to an aromatic ring is 1. The van der Waals surface area contributed by atoms with Crippen LogP contribution in [0.4, 0.5) is 5.82 Å². The average Bonchev–Trinajstić information content (AvgIpc) is 2.58. The summed E-state index contributed by atoms with van der Waals surface area (Å²) in [6.07, 6.45) is 0. The third kappa shape index (κ3) is 2.49. The Morgan fingerprint density at radius 2 is 1.88 bits per heavy atom. The molecule has 0 atom stereocenters. The van der Waals surface area contributed by atoms with Crippen molar-refractivity contribution in [2.24, 2.45) is 0 Å². The van der Waals surface area contributed by atoms with E-state index in [1.54, 1.807) is 4.68 Å². The molecule has 5 heteroatoms. The fourth-order valence-electron chi connectivity index (χ4n) is 1.58. The lowest BCUT2D eigenvalue weighted by Crippen LogP contribution is -2.02. The molecule has 0 saturated carbocycles. The maximum Gasteiger partial charge on any atom is 0.141 e. The Hall–Kier alpha value is -0.560. The second-order valence-corrected chi connectivity index (χ2v) is 6.12. The summed E-state index contributed by atoms with van der Waals surface area (Å²) < 4.78 is 3.88. The molecule has 0 fully saturated rings. The van der Waals surface area contributed by atoms with Crippen LogP contribution in [0, 0.1) is 3.57 Å². The zero-order valence-corrected chi connectivity index (χ0v) is 13.4. The van der Waals surface area contributed by atoms with Gasteiger partial charge in [-0.25, -0.2) is 4.68 Å². The number of nitrogens with two attached hydrogens (primary N) is 1. The van der Waals surface area contributed by atoms with E-state index in [2.05, 4.69) is 57.5 Å². The van der Waals surface area contributed by atoms with Crippen LogP contribution >= 0.6 is 38.5 Å². The van der Waals surface area contributed by atoms with Gasteiger partial charge < -0.3 is 5.73 Å². The first-order chi connectivity index (χ1) is 8.00. The third-order valence-electron chi connectivity index (χ3n) is 2.50. The van der Waals surface area contributed by atoms with Gasteiger partial charge in [0.05, 0.1) is 15.0 Å². The van der Waals surface area contributed by atoms with Gasteiger partial charge in [-0.05, 0) is 52.8 Å². The lowest BCUT2D eigenvalue weighted by atomic mass is 10.1. The second-order valence-electron chi connectivity index (χ2n) is 4.13. The van der Waals surface area contributed by atoms with Crippen molar-refractivity contribution in [1.82, 2.24) is 9.78 Å². The smallest absolute Gasteiger partial charge is 0.141 e. The van der Waals surface area contributed by atoms with Crippen molar-refractivity contribution in [2.45, 2.75) is 19.8 Å². The van der Waals surface area contributed by atoms with E-state index in [1.807, 2.05) is 24.3 Å². The minimum absolute atomic E-state index is 0.376. The summed E-state index contributed by atoms with van der Waals surface area (Å²) in [5.74, 6) is 1.08. The lowest BCUT2D eigenvalue weighted by molar-refractivity contribution is 0.769. The van der Waals surface area contributed by atoms with E-state index in [-0.39, 0.29) is 0 Å². The highest BCUT2D eigenvalue weighted by atomic mass is 127. The van der Waals surface area contributed by atoms with Crippen LogP contribution < -0.4 is 5.73 Å². The lowest BCUT2D eigenvalue weighted by Gasteiger charge is -2.03. The van der Waals surface area contributed by atoms with Crippen LogP contribution in [0.3, 0.4) is 0 Å². The van der Waals surface area contributed by atoms with Gasteiger partial charge in [0, 0.05) is 4.47 Å². The summed E-state index contributed by atoms with van der Waals surface area (Å²) in [6.45, 7) is 4.24. The summed E-state index contributed by atoms with van der Waals surface area (Å²) in [6, 6.07) is 7.96. The van der Waals surface area contributed by atoms with Crippen molar-refractivity contribution in [3.8, 4) is 5.69 Å². The Morgan fingerprint density at radius 3 is 2.35 bits per heavy atom. The monoisotopic (exact) mass is 405 g/mol. The fourth-order valence-corrected chi connectivity index (χ4v) is 2.80. The molecule has 2 rings (SSSR count). The molecule has 1 aromatic heterocycles. The second kappa shape index (κ2) is 4.97. The zero-order valence-electron chi connectivity index (χ0n) is 9.61. The number of hydrogen-bond donors (Lipinski definition) is 1. The molecule has 0 bridgehead atoms. The van der Waals surface area contributed by atoms with E-state index < -0.39 is 0 Å². The quantitative estimate of drug-likeness (QED) is 0.769. The molecule has 2 aromatic rings. The largest absolute Gasteiger partial charge is 0.383 e. The Kier molecular flexibility index (Phi) is 3.77. The maximum absolute atomic E-state index is 6.09. The van der Waals surface area contributed by atoms with Crippen molar-refractivity contribution in [1.29, 1.82) is 0 Å². The van der Waals surface area contributed by atoms with Gasteiger partial charge in [-0.2, -0.15) is 5.10 Å². The van der Waals surface area contributed by atoms with E-state index in [9.17, 15) is 0 Å². The van der Waals surface area contributed by atoms with Gasteiger partial charge in [0.25, 0.3) is 0 Å². The number of hydrogen-bond acceptors (Lipinski definition) is 2. The molecule has 1 aromatic carbocycles. The standard InChI is InChI=1S/C12H13BrIN3/c1-7(2)11-10(14)12(15)17(16-11)9-5-3-8(13)4-6-9/h3-7H,15H2,1-2H3. The molecule has 3 nitrogen and oxygen atoms in total. The van der Waals surface area contributed by atoms with Crippen LogP contribution in [-0.4, -0.2) is 9.78 Å². The Labute approximate surface area is 123 Å². The number of halogens is 2. The molecular formula is C12H13BrIN3. The fraction of sp³-hybridized carbons (Fsp3) is 0.250. The predicted octanol–water partition coefficient (Wildman–Crippen LogP) is 3.95. The summed E-state index contributed by atoms with van der Waals surface area (Å²) >= 11 is 5.67. The van der Waals surface area contributed by atoms with Crippen molar-refractivity contribution in [3.63, 3.8) is 0 Å². The molecule has 1 heterocycles. The summed E-state index contributed by atoms with van der Waals surface area (Å²) in [4.78, 5) is 0. The molecule has 0 unspecified atom stereocenters. The van der Waals surface area contributed by atoms with Crippen molar-refractivity contribution >= 4 is 44.3 Å². The van der Waals surface area contributed by atoms with Crippen LogP contribution in [0.15, 0.2) is 28.7 Å². The van der Waals surface area contributed by atoms with Gasteiger partial charge in [0.1, 0.15) is 5.82 Å². The Morgan fingerprint density at radius 1 is 1.29 bits per heavy atom. The van der Waals surface area contributed by atoms with Crippen molar-refractivity contribution in [3.05, 3.63) is 38.0 Å². The molecule has 0 amide bonds. The molecular weight excluding hydrogens is 393 g/mol. The van der Waals surface area contributed by atoms with Crippen LogP contribution in [0.2, 0.25) is 0 Å². The van der Waals surface area contributed by atoms with E-state index in [4.69, 9.17) is 5.73 Å². The van der Waals surface area contributed by atoms with Crippen LogP contribution in [0.1, 0.15) is 25.5 Å². The molecule has 0 aliphatic heterocycles. The summed E-state index contributed by atoms with van der Waals surface area (Å²) in [7, 11) is 0. The van der Waals surface area contributed by atoms with Crippen LogP contribution in [0.5, 0.6) is 0 Å². The number of benzene rings is 1. The van der Waals surface area contributed by atoms with Gasteiger partial charge in [0.2, 0.25) is 0 Å². The average molecular weight is 406 g/mol. The van der Waals surface area contributed by atoms with Gasteiger partial charge in [-0.1, -0.05) is 29.8 Å². The normalized spacial score (nSPS) is 11.1. The van der Waals surface area contributed by atoms with Gasteiger partial charge in [-0.15, -0.1) is 0 Å². The zero-order chi connectivity index (χ0) is 12.6. The highest BCUT2D eigenvalue weighted by Crippen LogP contribution is 2.27. The first kappa shape index (κ1) is 12.9. The molecule has 0 spiro atoms. The minimum Gasteiger partial charge on any atom is -0.383 e. The van der Waals surface area contributed by atoms with E-state index in [1.165, 1.54) is 0 Å². The molecule has 0 radical (unpaired) electrons. The van der Waals surface area contributed by atoms with E-state index >= 15 is 0 Å². The van der Waals surface area contributed by atoms with Crippen LogP contribution in [-0.2, 0) is 0 Å². The molecule has 0 aliphatic carbocycles. The maximum atomic E-state index is 6.09. The number of anilines is 1. The topological polar surface area (TPSA) is 43.8 Å². The molecule has 17 heavy (non-hydrogen) atoms. The summed E-state index contributed by atoms with van der Waals surface area (Å²) in [5.41, 5.74) is 8.12. The molecule has 90 valence electrons. The van der Waals surface area contributed by atoms with Gasteiger partial charge >= 0.3 is 0 Å². The first-order valence-electron chi connectivity index (χ1n) is 5.30. The Balaban J connectivity index is 2.53. The van der Waals surface area contributed by atoms with Crippen molar-refractivity contribution < 1.29 is 0 Å². The number of aromatic nitrogens is 2. The van der Waals surface area contributed by atoms with Gasteiger partial charge in [0.15, 0.2) is 0 Å². The third-order valence-corrected chi connectivity index (χ3v) is 4.14. The minimum atomic E-state index is 0.376. The van der Waals surface area contributed by atoms with E-state index in [0.717, 1.165) is 19.4 Å². The molecule has 0 aliphatic rings. The molecule has 2 N–H and O–H groups in total. The Bertz CT molecular complexity index is 531. The SMILES string of the molecule is CC(C)c1nn(-c2ccc(Br)cc2)c(N)c1I.